The molecule has 0 fully saturated rings. The molecule has 0 radical (unpaired) electrons. The van der Waals surface area contributed by atoms with Gasteiger partial charge in [-0.05, 0) is 42.2 Å². The van der Waals surface area contributed by atoms with Crippen molar-refractivity contribution in [3.05, 3.63) is 77.1 Å². The van der Waals surface area contributed by atoms with Crippen LogP contribution >= 0.6 is 0 Å². The van der Waals surface area contributed by atoms with Crippen molar-refractivity contribution in [1.29, 1.82) is 0 Å². The summed E-state index contributed by atoms with van der Waals surface area (Å²) in [6, 6.07) is 16.5. The maximum Gasteiger partial charge on any atom is 0.119 e. The number of aryl methyl sites for hydroxylation is 1. The second-order valence-electron chi connectivity index (χ2n) is 6.22. The van der Waals surface area contributed by atoms with Crippen LogP contribution in [0.2, 0.25) is 0 Å². The van der Waals surface area contributed by atoms with Crippen LogP contribution in [0.25, 0.3) is 0 Å². The Morgan fingerprint density at radius 1 is 1.12 bits per heavy atom. The van der Waals surface area contributed by atoms with Gasteiger partial charge in [-0.25, -0.2) is 4.68 Å². The molecule has 2 aromatic carbocycles. The van der Waals surface area contributed by atoms with Gasteiger partial charge in [0.2, 0.25) is 0 Å². The SMILES string of the molecule is COc1ccc(CC(C)c2cn(Cc3ccccc3)nn2)c(C)c1. The third-order valence-corrected chi connectivity index (χ3v) is 4.32. The van der Waals surface area contributed by atoms with E-state index in [4.69, 9.17) is 4.74 Å². The molecule has 24 heavy (non-hydrogen) atoms. The highest BCUT2D eigenvalue weighted by Crippen LogP contribution is 2.23. The van der Waals surface area contributed by atoms with Crippen molar-refractivity contribution in [1.82, 2.24) is 15.0 Å². The van der Waals surface area contributed by atoms with Gasteiger partial charge in [-0.3, -0.25) is 0 Å². The van der Waals surface area contributed by atoms with Crippen LogP contribution in [-0.2, 0) is 13.0 Å². The van der Waals surface area contributed by atoms with E-state index in [9.17, 15) is 0 Å². The Morgan fingerprint density at radius 3 is 2.62 bits per heavy atom. The first-order valence-corrected chi connectivity index (χ1v) is 8.23. The summed E-state index contributed by atoms with van der Waals surface area (Å²) < 4.78 is 7.18. The minimum absolute atomic E-state index is 0.321. The van der Waals surface area contributed by atoms with E-state index in [0.717, 1.165) is 24.4 Å². The normalized spacial score (nSPS) is 12.1. The lowest BCUT2D eigenvalue weighted by molar-refractivity contribution is 0.414. The molecule has 3 rings (SSSR count). The van der Waals surface area contributed by atoms with Gasteiger partial charge in [0.05, 0.1) is 19.3 Å². The molecule has 0 spiro atoms. The first-order chi connectivity index (χ1) is 11.7. The molecule has 3 aromatic rings. The number of nitrogens with zero attached hydrogens (tertiary/aromatic N) is 3. The third kappa shape index (κ3) is 3.82. The van der Waals surface area contributed by atoms with Gasteiger partial charge in [-0.15, -0.1) is 5.10 Å². The summed E-state index contributed by atoms with van der Waals surface area (Å²) in [5.74, 6) is 1.22. The van der Waals surface area contributed by atoms with Crippen molar-refractivity contribution < 1.29 is 4.74 Å². The third-order valence-electron chi connectivity index (χ3n) is 4.32. The van der Waals surface area contributed by atoms with Crippen molar-refractivity contribution in [2.75, 3.05) is 7.11 Å². The van der Waals surface area contributed by atoms with Crippen LogP contribution in [0.1, 0.15) is 35.2 Å². The van der Waals surface area contributed by atoms with E-state index in [2.05, 4.69) is 54.6 Å². The van der Waals surface area contributed by atoms with Crippen molar-refractivity contribution >= 4 is 0 Å². The van der Waals surface area contributed by atoms with Crippen LogP contribution in [0.4, 0.5) is 0 Å². The van der Waals surface area contributed by atoms with Crippen molar-refractivity contribution in [2.24, 2.45) is 0 Å². The Hall–Kier alpha value is -2.62. The monoisotopic (exact) mass is 321 g/mol. The van der Waals surface area contributed by atoms with E-state index >= 15 is 0 Å². The molecule has 1 heterocycles. The Labute approximate surface area is 143 Å². The Balaban J connectivity index is 1.68. The smallest absolute Gasteiger partial charge is 0.119 e. The van der Waals surface area contributed by atoms with E-state index in [0.29, 0.717) is 5.92 Å². The molecule has 0 aliphatic carbocycles. The summed E-state index contributed by atoms with van der Waals surface area (Å²) in [4.78, 5) is 0. The number of hydrogen-bond donors (Lipinski definition) is 0. The van der Waals surface area contributed by atoms with Gasteiger partial charge in [-0.2, -0.15) is 0 Å². The zero-order valence-electron chi connectivity index (χ0n) is 14.4. The molecule has 0 bridgehead atoms. The summed E-state index contributed by atoms with van der Waals surface area (Å²) in [6.07, 6.45) is 3.00. The molecule has 0 saturated carbocycles. The first-order valence-electron chi connectivity index (χ1n) is 8.23. The minimum Gasteiger partial charge on any atom is -0.497 e. The average Bonchev–Trinajstić information content (AvgIpc) is 3.06. The predicted molar refractivity (Wildman–Crippen MR) is 95.4 cm³/mol. The number of benzene rings is 2. The van der Waals surface area contributed by atoms with Crippen molar-refractivity contribution in [2.45, 2.75) is 32.7 Å². The molecule has 4 heteroatoms. The molecule has 0 aliphatic heterocycles. The molecular formula is C20H23N3O. The van der Waals surface area contributed by atoms with Gasteiger partial charge in [0.1, 0.15) is 5.75 Å². The second-order valence-corrected chi connectivity index (χ2v) is 6.22. The standard InChI is InChI=1S/C20H23N3O/c1-15-12-19(24-3)10-9-18(15)11-16(2)20-14-23(22-21-20)13-17-7-5-4-6-8-17/h4-10,12,14,16H,11,13H2,1-3H3. The molecule has 124 valence electrons. The van der Waals surface area contributed by atoms with Crippen LogP contribution in [0, 0.1) is 6.92 Å². The van der Waals surface area contributed by atoms with Crippen LogP contribution in [0.3, 0.4) is 0 Å². The summed E-state index contributed by atoms with van der Waals surface area (Å²) in [5, 5.41) is 8.63. The largest absolute Gasteiger partial charge is 0.497 e. The van der Waals surface area contributed by atoms with Crippen LogP contribution in [0.15, 0.2) is 54.7 Å². The molecule has 0 amide bonds. The molecule has 1 aromatic heterocycles. The van der Waals surface area contributed by atoms with Gasteiger partial charge >= 0.3 is 0 Å². The van der Waals surface area contributed by atoms with Crippen LogP contribution in [0.5, 0.6) is 5.75 Å². The maximum atomic E-state index is 5.27. The fourth-order valence-electron chi connectivity index (χ4n) is 2.85. The quantitative estimate of drug-likeness (QED) is 0.689. The fraction of sp³-hybridized carbons (Fsp3) is 0.300. The zero-order valence-corrected chi connectivity index (χ0v) is 14.4. The lowest BCUT2D eigenvalue weighted by atomic mass is 9.95. The summed E-state index contributed by atoms with van der Waals surface area (Å²) in [7, 11) is 1.70. The summed E-state index contributed by atoms with van der Waals surface area (Å²) in [5.41, 5.74) is 4.83. The molecular weight excluding hydrogens is 298 g/mol. The lowest BCUT2D eigenvalue weighted by Gasteiger charge is -2.12. The van der Waals surface area contributed by atoms with E-state index in [1.54, 1.807) is 7.11 Å². The number of rotatable bonds is 6. The zero-order chi connectivity index (χ0) is 16.9. The highest BCUT2D eigenvalue weighted by molar-refractivity contribution is 5.35. The predicted octanol–water partition coefficient (Wildman–Crippen LogP) is 3.99. The molecule has 4 nitrogen and oxygen atoms in total. The maximum absolute atomic E-state index is 5.27. The number of methoxy groups -OCH3 is 1. The number of hydrogen-bond acceptors (Lipinski definition) is 3. The van der Waals surface area contributed by atoms with E-state index in [1.165, 1.54) is 16.7 Å². The molecule has 1 atom stereocenters. The summed E-state index contributed by atoms with van der Waals surface area (Å²) >= 11 is 0. The topological polar surface area (TPSA) is 39.9 Å². The van der Waals surface area contributed by atoms with Gasteiger partial charge < -0.3 is 4.74 Å². The minimum atomic E-state index is 0.321. The van der Waals surface area contributed by atoms with E-state index < -0.39 is 0 Å². The van der Waals surface area contributed by atoms with Crippen molar-refractivity contribution in [3.63, 3.8) is 0 Å². The van der Waals surface area contributed by atoms with Crippen LogP contribution < -0.4 is 4.74 Å². The second kappa shape index (κ2) is 7.30. The van der Waals surface area contributed by atoms with Crippen LogP contribution in [-0.4, -0.2) is 22.1 Å². The fourth-order valence-corrected chi connectivity index (χ4v) is 2.85. The lowest BCUT2D eigenvalue weighted by Crippen LogP contribution is -2.01. The highest BCUT2D eigenvalue weighted by Gasteiger charge is 2.13. The average molecular weight is 321 g/mol. The molecule has 1 unspecified atom stereocenters. The highest BCUT2D eigenvalue weighted by atomic mass is 16.5. The van der Waals surface area contributed by atoms with E-state index in [-0.39, 0.29) is 0 Å². The Bertz CT molecular complexity index is 796. The molecule has 0 aliphatic rings. The van der Waals surface area contributed by atoms with Gasteiger partial charge in [0.25, 0.3) is 0 Å². The van der Waals surface area contributed by atoms with E-state index in [1.807, 2.05) is 28.9 Å². The Morgan fingerprint density at radius 2 is 1.92 bits per heavy atom. The van der Waals surface area contributed by atoms with Gasteiger partial charge in [-0.1, -0.05) is 48.5 Å². The molecule has 0 N–H and O–H groups in total. The summed E-state index contributed by atoms with van der Waals surface area (Å²) in [6.45, 7) is 5.07. The Kier molecular flexibility index (Phi) is 4.94. The first kappa shape index (κ1) is 16.2. The molecule has 0 saturated heterocycles. The number of aromatic nitrogens is 3. The number of ether oxygens (including phenoxy) is 1. The van der Waals surface area contributed by atoms with Crippen molar-refractivity contribution in [3.8, 4) is 5.75 Å². The van der Waals surface area contributed by atoms with Gasteiger partial charge in [0.15, 0.2) is 0 Å². The van der Waals surface area contributed by atoms with Gasteiger partial charge in [0, 0.05) is 12.1 Å².